The summed E-state index contributed by atoms with van der Waals surface area (Å²) in [6.45, 7) is 9.36. The van der Waals surface area contributed by atoms with Crippen molar-refractivity contribution in [3.8, 4) is 0 Å². The van der Waals surface area contributed by atoms with Gasteiger partial charge in [0, 0.05) is 13.1 Å². The highest BCUT2D eigenvalue weighted by atomic mass is 35.5. The van der Waals surface area contributed by atoms with E-state index in [0.717, 1.165) is 32.5 Å². The van der Waals surface area contributed by atoms with E-state index in [1.54, 1.807) is 0 Å². The third-order valence-corrected chi connectivity index (χ3v) is 4.37. The zero-order chi connectivity index (χ0) is 11.8. The minimum absolute atomic E-state index is 0. The molecular formula is C13H25ClN2O. The van der Waals surface area contributed by atoms with E-state index in [9.17, 15) is 4.79 Å². The molecule has 0 bridgehead atoms. The van der Waals surface area contributed by atoms with Gasteiger partial charge in [0.25, 0.3) is 0 Å². The highest BCUT2D eigenvalue weighted by molar-refractivity contribution is 5.85. The van der Waals surface area contributed by atoms with Crippen LogP contribution in [-0.4, -0.2) is 25.5 Å². The molecule has 0 radical (unpaired) electrons. The summed E-state index contributed by atoms with van der Waals surface area (Å²) in [5.41, 5.74) is 0.274. The second-order valence-electron chi connectivity index (χ2n) is 6.44. The fourth-order valence-electron chi connectivity index (χ4n) is 2.60. The predicted molar refractivity (Wildman–Crippen MR) is 72.4 cm³/mol. The van der Waals surface area contributed by atoms with Crippen molar-refractivity contribution < 1.29 is 4.79 Å². The SMILES string of the molecule is CC1(C(=O)NCC2CC2(C)C)CCCNC1.Cl. The van der Waals surface area contributed by atoms with E-state index in [0.29, 0.717) is 11.3 Å². The molecule has 2 aliphatic rings. The maximum absolute atomic E-state index is 12.1. The summed E-state index contributed by atoms with van der Waals surface area (Å²) < 4.78 is 0. The van der Waals surface area contributed by atoms with Crippen LogP contribution in [0.15, 0.2) is 0 Å². The van der Waals surface area contributed by atoms with Crippen molar-refractivity contribution in [1.82, 2.24) is 10.6 Å². The fraction of sp³-hybridized carbons (Fsp3) is 0.923. The molecule has 2 atom stereocenters. The van der Waals surface area contributed by atoms with Crippen LogP contribution in [0, 0.1) is 16.7 Å². The number of hydrogen-bond acceptors (Lipinski definition) is 2. The van der Waals surface area contributed by atoms with Crippen LogP contribution in [0.4, 0.5) is 0 Å². The molecule has 100 valence electrons. The minimum atomic E-state index is -0.183. The molecule has 0 aromatic carbocycles. The quantitative estimate of drug-likeness (QED) is 0.815. The summed E-state index contributed by atoms with van der Waals surface area (Å²) in [4.78, 5) is 12.1. The van der Waals surface area contributed by atoms with Gasteiger partial charge in [0.15, 0.2) is 0 Å². The molecule has 2 unspecified atom stereocenters. The topological polar surface area (TPSA) is 41.1 Å². The second-order valence-corrected chi connectivity index (χ2v) is 6.44. The molecule has 2 rings (SSSR count). The predicted octanol–water partition coefficient (Wildman–Crippen LogP) is 1.96. The molecule has 1 heterocycles. The molecule has 1 aliphatic heterocycles. The number of rotatable bonds is 3. The average Bonchev–Trinajstić information content (AvgIpc) is 2.84. The van der Waals surface area contributed by atoms with Gasteiger partial charge in [0.05, 0.1) is 5.41 Å². The summed E-state index contributed by atoms with van der Waals surface area (Å²) in [5, 5.41) is 6.45. The highest BCUT2D eigenvalue weighted by Crippen LogP contribution is 2.51. The standard InChI is InChI=1S/C13H24N2O.ClH/c1-12(2)7-10(12)8-15-11(16)13(3)5-4-6-14-9-13;/h10,14H,4-9H2,1-3H3,(H,15,16);1H. The van der Waals surface area contributed by atoms with Gasteiger partial charge in [0.2, 0.25) is 5.91 Å². The lowest BCUT2D eigenvalue weighted by atomic mass is 9.82. The molecule has 2 N–H and O–H groups in total. The van der Waals surface area contributed by atoms with Gasteiger partial charge in [-0.2, -0.15) is 0 Å². The van der Waals surface area contributed by atoms with Gasteiger partial charge < -0.3 is 10.6 Å². The first-order valence-electron chi connectivity index (χ1n) is 6.43. The van der Waals surface area contributed by atoms with Gasteiger partial charge in [-0.25, -0.2) is 0 Å². The van der Waals surface area contributed by atoms with E-state index in [1.807, 2.05) is 0 Å². The van der Waals surface area contributed by atoms with Crippen molar-refractivity contribution in [2.75, 3.05) is 19.6 Å². The summed E-state index contributed by atoms with van der Waals surface area (Å²) in [6, 6.07) is 0. The molecule has 0 spiro atoms. The average molecular weight is 261 g/mol. The first-order chi connectivity index (χ1) is 7.44. The molecule has 0 aromatic heterocycles. The van der Waals surface area contributed by atoms with Crippen LogP contribution in [0.25, 0.3) is 0 Å². The van der Waals surface area contributed by atoms with Crippen molar-refractivity contribution in [2.24, 2.45) is 16.7 Å². The molecule has 0 aromatic rings. The monoisotopic (exact) mass is 260 g/mol. The highest BCUT2D eigenvalue weighted by Gasteiger charge is 2.46. The van der Waals surface area contributed by atoms with Crippen molar-refractivity contribution >= 4 is 18.3 Å². The Balaban J connectivity index is 0.00000144. The van der Waals surface area contributed by atoms with Crippen LogP contribution in [0.2, 0.25) is 0 Å². The zero-order valence-corrected chi connectivity index (χ0v) is 12.0. The number of carbonyl (C=O) groups is 1. The Kier molecular flexibility index (Phi) is 4.48. The molecule has 1 aliphatic carbocycles. The van der Waals surface area contributed by atoms with Gasteiger partial charge in [-0.1, -0.05) is 13.8 Å². The van der Waals surface area contributed by atoms with Crippen LogP contribution in [0.3, 0.4) is 0 Å². The third kappa shape index (κ3) is 3.35. The van der Waals surface area contributed by atoms with E-state index in [1.165, 1.54) is 6.42 Å². The van der Waals surface area contributed by atoms with E-state index >= 15 is 0 Å². The number of piperidine rings is 1. The normalized spacial score (nSPS) is 34.6. The molecule has 17 heavy (non-hydrogen) atoms. The summed E-state index contributed by atoms with van der Waals surface area (Å²) in [6.07, 6.45) is 3.38. The lowest BCUT2D eigenvalue weighted by Crippen LogP contribution is -2.49. The molecule has 1 amide bonds. The molecule has 3 nitrogen and oxygen atoms in total. The van der Waals surface area contributed by atoms with Crippen molar-refractivity contribution in [1.29, 1.82) is 0 Å². The lowest BCUT2D eigenvalue weighted by molar-refractivity contribution is -0.131. The van der Waals surface area contributed by atoms with Gasteiger partial charge in [-0.15, -0.1) is 12.4 Å². The molecule has 2 fully saturated rings. The van der Waals surface area contributed by atoms with Crippen LogP contribution >= 0.6 is 12.4 Å². The number of halogens is 1. The van der Waals surface area contributed by atoms with E-state index in [4.69, 9.17) is 0 Å². The van der Waals surface area contributed by atoms with E-state index < -0.39 is 0 Å². The summed E-state index contributed by atoms with van der Waals surface area (Å²) >= 11 is 0. The Morgan fingerprint density at radius 3 is 2.53 bits per heavy atom. The molecular weight excluding hydrogens is 236 g/mol. The Morgan fingerprint density at radius 1 is 1.41 bits per heavy atom. The number of amides is 1. The van der Waals surface area contributed by atoms with E-state index in [-0.39, 0.29) is 23.7 Å². The first-order valence-corrected chi connectivity index (χ1v) is 6.43. The first kappa shape index (κ1) is 14.8. The maximum Gasteiger partial charge on any atom is 0.227 e. The summed E-state index contributed by atoms with van der Waals surface area (Å²) in [5.74, 6) is 0.930. The fourth-order valence-corrected chi connectivity index (χ4v) is 2.60. The van der Waals surface area contributed by atoms with Crippen molar-refractivity contribution in [3.05, 3.63) is 0 Å². The Hall–Kier alpha value is -0.280. The van der Waals surface area contributed by atoms with Gasteiger partial charge in [-0.3, -0.25) is 4.79 Å². The smallest absolute Gasteiger partial charge is 0.227 e. The Labute approximate surface area is 111 Å². The minimum Gasteiger partial charge on any atom is -0.355 e. The Morgan fingerprint density at radius 2 is 2.06 bits per heavy atom. The van der Waals surface area contributed by atoms with E-state index in [2.05, 4.69) is 31.4 Å². The van der Waals surface area contributed by atoms with Crippen molar-refractivity contribution in [3.63, 3.8) is 0 Å². The molecule has 4 heteroatoms. The lowest BCUT2D eigenvalue weighted by Gasteiger charge is -2.32. The van der Waals surface area contributed by atoms with Crippen LogP contribution in [0.5, 0.6) is 0 Å². The maximum atomic E-state index is 12.1. The van der Waals surface area contributed by atoms with Gasteiger partial charge in [0.1, 0.15) is 0 Å². The largest absolute Gasteiger partial charge is 0.355 e. The second kappa shape index (κ2) is 5.15. The van der Waals surface area contributed by atoms with Crippen LogP contribution < -0.4 is 10.6 Å². The molecule has 1 saturated carbocycles. The van der Waals surface area contributed by atoms with Gasteiger partial charge >= 0.3 is 0 Å². The van der Waals surface area contributed by atoms with Gasteiger partial charge in [-0.05, 0) is 44.1 Å². The Bertz CT molecular complexity index is 285. The van der Waals surface area contributed by atoms with Crippen molar-refractivity contribution in [2.45, 2.75) is 40.0 Å². The number of carbonyl (C=O) groups excluding carboxylic acids is 1. The van der Waals surface area contributed by atoms with Crippen LogP contribution in [0.1, 0.15) is 40.0 Å². The number of nitrogens with one attached hydrogen (secondary N) is 2. The zero-order valence-electron chi connectivity index (χ0n) is 11.1. The van der Waals surface area contributed by atoms with Crippen LogP contribution in [-0.2, 0) is 4.79 Å². The third-order valence-electron chi connectivity index (χ3n) is 4.37. The number of hydrogen-bond donors (Lipinski definition) is 2. The molecule has 1 saturated heterocycles. The summed E-state index contributed by atoms with van der Waals surface area (Å²) in [7, 11) is 0.